The van der Waals surface area contributed by atoms with Gasteiger partial charge in [0.05, 0.1) is 10.7 Å². The van der Waals surface area contributed by atoms with Crippen LogP contribution in [0.3, 0.4) is 0 Å². The lowest BCUT2D eigenvalue weighted by molar-refractivity contribution is 0.251. The van der Waals surface area contributed by atoms with Gasteiger partial charge >= 0.3 is 6.03 Å². The first kappa shape index (κ1) is 16.9. The molecule has 0 spiro atoms. The summed E-state index contributed by atoms with van der Waals surface area (Å²) in [4.78, 5) is 18.3. The van der Waals surface area contributed by atoms with Gasteiger partial charge in [-0.25, -0.2) is 4.79 Å². The highest BCUT2D eigenvalue weighted by Gasteiger charge is 2.14. The van der Waals surface area contributed by atoms with Gasteiger partial charge in [0, 0.05) is 49.2 Å². The number of rotatable bonds is 4. The Morgan fingerprint density at radius 2 is 2.12 bits per heavy atom. The number of thioether (sulfide) groups is 1. The van der Waals surface area contributed by atoms with E-state index in [1.165, 1.54) is 0 Å². The molecule has 2 N–H and O–H groups in total. The summed E-state index contributed by atoms with van der Waals surface area (Å²) < 4.78 is 0. The standard InChI is InChI=1S/C17H19ClN4OS/c18-15-10-14(3-4-16(15)22-6-8-24-9-7-22)21-17(23)20-12-13-2-1-5-19-11-13/h1-5,10-11H,6-9,12H2,(H2,20,21,23). The van der Waals surface area contributed by atoms with Gasteiger partial charge in [-0.1, -0.05) is 17.7 Å². The smallest absolute Gasteiger partial charge is 0.319 e. The molecule has 126 valence electrons. The van der Waals surface area contributed by atoms with E-state index in [-0.39, 0.29) is 6.03 Å². The Labute approximate surface area is 150 Å². The van der Waals surface area contributed by atoms with E-state index in [1.807, 2.05) is 36.0 Å². The molecule has 3 rings (SSSR count). The fourth-order valence-corrected chi connectivity index (χ4v) is 3.71. The van der Waals surface area contributed by atoms with E-state index in [1.54, 1.807) is 18.5 Å². The molecule has 1 aliphatic rings. The van der Waals surface area contributed by atoms with Gasteiger partial charge in [0.15, 0.2) is 0 Å². The lowest BCUT2D eigenvalue weighted by Crippen LogP contribution is -2.32. The number of nitrogens with one attached hydrogen (secondary N) is 2. The number of amides is 2. The number of urea groups is 1. The molecule has 1 aromatic carbocycles. The molecule has 5 nitrogen and oxygen atoms in total. The predicted molar refractivity (Wildman–Crippen MR) is 101 cm³/mol. The number of hydrogen-bond acceptors (Lipinski definition) is 4. The summed E-state index contributed by atoms with van der Waals surface area (Å²) in [5.41, 5.74) is 2.65. The summed E-state index contributed by atoms with van der Waals surface area (Å²) >= 11 is 8.35. The fourth-order valence-electron chi connectivity index (χ4n) is 2.51. The first-order valence-electron chi connectivity index (χ1n) is 7.78. The number of pyridine rings is 1. The van der Waals surface area contributed by atoms with Crippen LogP contribution in [0.2, 0.25) is 5.02 Å². The number of hydrogen-bond donors (Lipinski definition) is 2. The number of carbonyl (C=O) groups is 1. The van der Waals surface area contributed by atoms with E-state index in [2.05, 4.69) is 20.5 Å². The Morgan fingerprint density at radius 1 is 1.29 bits per heavy atom. The molecule has 0 unspecified atom stereocenters. The molecule has 0 bridgehead atoms. The SMILES string of the molecule is O=C(NCc1cccnc1)Nc1ccc(N2CCSCC2)c(Cl)c1. The number of aromatic nitrogens is 1. The molecular formula is C17H19ClN4OS. The summed E-state index contributed by atoms with van der Waals surface area (Å²) in [6.07, 6.45) is 3.43. The Balaban J connectivity index is 1.57. The molecule has 0 atom stereocenters. The van der Waals surface area contributed by atoms with Gasteiger partial charge in [0.2, 0.25) is 0 Å². The van der Waals surface area contributed by atoms with Crippen molar-refractivity contribution in [3.8, 4) is 0 Å². The maximum Gasteiger partial charge on any atom is 0.319 e. The maximum absolute atomic E-state index is 12.0. The van der Waals surface area contributed by atoms with Gasteiger partial charge in [-0.15, -0.1) is 0 Å². The van der Waals surface area contributed by atoms with Crippen LogP contribution >= 0.6 is 23.4 Å². The second-order valence-electron chi connectivity index (χ2n) is 5.43. The van der Waals surface area contributed by atoms with Crippen LogP contribution in [0.5, 0.6) is 0 Å². The summed E-state index contributed by atoms with van der Waals surface area (Å²) in [6, 6.07) is 9.13. The van der Waals surface area contributed by atoms with Crippen molar-refractivity contribution in [1.82, 2.24) is 10.3 Å². The monoisotopic (exact) mass is 362 g/mol. The first-order valence-corrected chi connectivity index (χ1v) is 9.31. The molecule has 2 aromatic rings. The van der Waals surface area contributed by atoms with E-state index >= 15 is 0 Å². The van der Waals surface area contributed by atoms with Gasteiger partial charge in [-0.05, 0) is 29.8 Å². The zero-order chi connectivity index (χ0) is 16.8. The van der Waals surface area contributed by atoms with Gasteiger partial charge in [0.25, 0.3) is 0 Å². The van der Waals surface area contributed by atoms with Crippen molar-refractivity contribution in [1.29, 1.82) is 0 Å². The van der Waals surface area contributed by atoms with E-state index in [0.717, 1.165) is 35.8 Å². The zero-order valence-corrected chi connectivity index (χ0v) is 14.7. The predicted octanol–water partition coefficient (Wildman–Crippen LogP) is 3.61. The van der Waals surface area contributed by atoms with Crippen LogP contribution in [0, 0.1) is 0 Å². The minimum Gasteiger partial charge on any atom is -0.369 e. The third-order valence-corrected chi connectivity index (χ3v) is 4.98. The van der Waals surface area contributed by atoms with Gasteiger partial charge in [0.1, 0.15) is 0 Å². The van der Waals surface area contributed by atoms with Gasteiger partial charge in [-0.2, -0.15) is 11.8 Å². The molecule has 0 saturated carbocycles. The molecule has 2 heterocycles. The molecule has 1 aromatic heterocycles. The third kappa shape index (κ3) is 4.55. The molecule has 1 aliphatic heterocycles. The Kier molecular flexibility index (Phi) is 5.82. The van der Waals surface area contributed by atoms with E-state index in [4.69, 9.17) is 11.6 Å². The summed E-state index contributed by atoms with van der Waals surface area (Å²) in [7, 11) is 0. The third-order valence-electron chi connectivity index (χ3n) is 3.73. The minimum absolute atomic E-state index is 0.267. The van der Waals surface area contributed by atoms with Crippen LogP contribution in [0.1, 0.15) is 5.56 Å². The average molecular weight is 363 g/mol. The maximum atomic E-state index is 12.0. The van der Waals surface area contributed by atoms with Crippen LogP contribution in [0.4, 0.5) is 16.2 Å². The first-order chi connectivity index (χ1) is 11.7. The quantitative estimate of drug-likeness (QED) is 0.872. The van der Waals surface area contributed by atoms with Crippen molar-refractivity contribution in [2.24, 2.45) is 0 Å². The lowest BCUT2D eigenvalue weighted by Gasteiger charge is -2.29. The molecular weight excluding hydrogens is 344 g/mol. The molecule has 1 saturated heterocycles. The highest BCUT2D eigenvalue weighted by Crippen LogP contribution is 2.30. The summed E-state index contributed by atoms with van der Waals surface area (Å²) in [5, 5.41) is 6.26. The van der Waals surface area contributed by atoms with E-state index in [0.29, 0.717) is 17.3 Å². The molecule has 0 aliphatic carbocycles. The second-order valence-corrected chi connectivity index (χ2v) is 7.07. The molecule has 24 heavy (non-hydrogen) atoms. The van der Waals surface area contributed by atoms with E-state index in [9.17, 15) is 4.79 Å². The van der Waals surface area contributed by atoms with Crippen LogP contribution in [0.25, 0.3) is 0 Å². The largest absolute Gasteiger partial charge is 0.369 e. The van der Waals surface area contributed by atoms with Crippen molar-refractivity contribution in [3.05, 3.63) is 53.3 Å². The van der Waals surface area contributed by atoms with Gasteiger partial charge < -0.3 is 15.5 Å². The number of nitrogens with zero attached hydrogens (tertiary/aromatic N) is 2. The molecule has 7 heteroatoms. The Bertz CT molecular complexity index is 692. The van der Waals surface area contributed by atoms with Crippen LogP contribution < -0.4 is 15.5 Å². The number of carbonyl (C=O) groups excluding carboxylic acids is 1. The van der Waals surface area contributed by atoms with Crippen LogP contribution in [0.15, 0.2) is 42.7 Å². The fraction of sp³-hybridized carbons (Fsp3) is 0.294. The van der Waals surface area contributed by atoms with Crippen LogP contribution in [-0.4, -0.2) is 35.6 Å². The van der Waals surface area contributed by atoms with Crippen molar-refractivity contribution >= 4 is 40.8 Å². The summed E-state index contributed by atoms with van der Waals surface area (Å²) in [6.45, 7) is 2.43. The van der Waals surface area contributed by atoms with Gasteiger partial charge in [-0.3, -0.25) is 4.98 Å². The number of halogens is 1. The zero-order valence-electron chi connectivity index (χ0n) is 13.2. The number of benzene rings is 1. The highest BCUT2D eigenvalue weighted by molar-refractivity contribution is 7.99. The molecule has 1 fully saturated rings. The van der Waals surface area contributed by atoms with Crippen molar-refractivity contribution in [3.63, 3.8) is 0 Å². The average Bonchev–Trinajstić information content (AvgIpc) is 2.62. The molecule has 0 radical (unpaired) electrons. The molecule has 2 amide bonds. The van der Waals surface area contributed by atoms with E-state index < -0.39 is 0 Å². The highest BCUT2D eigenvalue weighted by atomic mass is 35.5. The van der Waals surface area contributed by atoms with Crippen molar-refractivity contribution < 1.29 is 4.79 Å². The minimum atomic E-state index is -0.267. The summed E-state index contributed by atoms with van der Waals surface area (Å²) in [5.74, 6) is 2.24. The second kappa shape index (κ2) is 8.26. The van der Waals surface area contributed by atoms with Crippen molar-refractivity contribution in [2.45, 2.75) is 6.54 Å². The van der Waals surface area contributed by atoms with Crippen molar-refractivity contribution in [2.75, 3.05) is 34.8 Å². The van der Waals surface area contributed by atoms with Crippen LogP contribution in [-0.2, 0) is 6.54 Å². The lowest BCUT2D eigenvalue weighted by atomic mass is 10.2. The Hall–Kier alpha value is -1.92. The normalized spacial score (nSPS) is 14.3. The Morgan fingerprint density at radius 3 is 2.83 bits per heavy atom. The topological polar surface area (TPSA) is 57.3 Å². The number of anilines is 2.